The Hall–Kier alpha value is -9.82. The summed E-state index contributed by atoms with van der Waals surface area (Å²) in [6, 6.07) is 38.5. The lowest BCUT2D eigenvalue weighted by Gasteiger charge is -2.13. The number of hydrogen-bond donors (Lipinski definition) is 6. The van der Waals surface area contributed by atoms with E-state index in [2.05, 4.69) is 40.2 Å². The number of nitrogens with one attached hydrogen (secondary N) is 2. The third kappa shape index (κ3) is 11.6. The number of hydrogen-bond acceptors (Lipinski definition) is 16. The molecule has 0 saturated heterocycles. The molecule has 396 valence electrons. The van der Waals surface area contributed by atoms with E-state index in [9.17, 15) is 19.5 Å². The Morgan fingerprint density at radius 3 is 1.35 bits per heavy atom. The van der Waals surface area contributed by atoms with Crippen LogP contribution in [-0.2, 0) is 4.74 Å². The molecule has 79 heavy (non-hydrogen) atoms. The summed E-state index contributed by atoms with van der Waals surface area (Å²) in [5, 5.41) is 17.1. The van der Waals surface area contributed by atoms with E-state index in [0.717, 1.165) is 21.7 Å². The molecule has 11 aromatic rings. The molecule has 0 bridgehead atoms. The number of carboxylic acid groups (broad SMARTS) is 1. The molecule has 22 heteroatoms. The van der Waals surface area contributed by atoms with Gasteiger partial charge in [-0.1, -0.05) is 46.9 Å². The number of esters is 1. The van der Waals surface area contributed by atoms with Crippen molar-refractivity contribution < 1.29 is 38.4 Å². The molecular formula is C57H44Cl3N11O8. The molecule has 11 rings (SSSR count). The average molecular weight is 1120 g/mol. The molecule has 0 aliphatic carbocycles. The zero-order valence-electron chi connectivity index (χ0n) is 42.1. The van der Waals surface area contributed by atoms with Crippen molar-refractivity contribution >= 4 is 120 Å². The number of carboxylic acids is 1. The molecule has 0 atom stereocenters. The molecule has 4 heterocycles. The summed E-state index contributed by atoms with van der Waals surface area (Å²) in [6.45, 7) is 0. The Morgan fingerprint density at radius 1 is 0.506 bits per heavy atom. The molecule has 0 spiro atoms. The van der Waals surface area contributed by atoms with Crippen molar-refractivity contribution in [3.05, 3.63) is 171 Å². The highest BCUT2D eigenvalue weighted by Gasteiger charge is 2.21. The van der Waals surface area contributed by atoms with E-state index in [1.54, 1.807) is 97.1 Å². The lowest BCUT2D eigenvalue weighted by molar-refractivity contribution is 0.0596. The number of halogens is 3. The van der Waals surface area contributed by atoms with Crippen molar-refractivity contribution in [2.75, 3.05) is 51.0 Å². The van der Waals surface area contributed by atoms with Gasteiger partial charge in [-0.25, -0.2) is 39.5 Å². The van der Waals surface area contributed by atoms with E-state index in [1.165, 1.54) is 34.5 Å². The van der Waals surface area contributed by atoms with E-state index >= 15 is 0 Å². The van der Waals surface area contributed by atoms with Crippen LogP contribution >= 0.6 is 34.8 Å². The van der Waals surface area contributed by atoms with Crippen LogP contribution in [0.15, 0.2) is 140 Å². The molecule has 7 aromatic carbocycles. The first-order chi connectivity index (χ1) is 38.0. The number of fused-ring (bicyclic) bond motifs is 4. The summed E-state index contributed by atoms with van der Waals surface area (Å²) in [5.74, 6) is -0.413. The van der Waals surface area contributed by atoms with E-state index in [4.69, 9.17) is 71.0 Å². The fourth-order valence-corrected chi connectivity index (χ4v) is 9.09. The number of nitrogens with zero attached hydrogens (tertiary/aromatic N) is 6. The number of carbonyl (C=O) groups excluding carboxylic acids is 2. The first-order valence-electron chi connectivity index (χ1n) is 23.5. The van der Waals surface area contributed by atoms with Crippen LogP contribution in [0.4, 0.5) is 23.5 Å². The molecule has 9 N–H and O–H groups in total. The summed E-state index contributed by atoms with van der Waals surface area (Å²) in [6.07, 6.45) is 1.83. The average Bonchev–Trinajstić information content (AvgIpc) is 4.03. The van der Waals surface area contributed by atoms with Crippen LogP contribution < -0.4 is 36.7 Å². The van der Waals surface area contributed by atoms with Gasteiger partial charge in [0.05, 0.1) is 78.8 Å². The first kappa shape index (κ1) is 54.0. The van der Waals surface area contributed by atoms with Gasteiger partial charge in [0.25, 0.3) is 5.91 Å². The van der Waals surface area contributed by atoms with Crippen LogP contribution in [0.25, 0.3) is 77.4 Å². The van der Waals surface area contributed by atoms with Gasteiger partial charge in [-0.15, -0.1) is 0 Å². The van der Waals surface area contributed by atoms with E-state index in [0.29, 0.717) is 99.1 Å². The first-order valence-corrected chi connectivity index (χ1v) is 24.6. The molecule has 0 unspecified atom stereocenters. The minimum absolute atomic E-state index is 0.0392. The number of H-pyrrole nitrogens is 1. The van der Waals surface area contributed by atoms with Crippen LogP contribution in [-0.4, -0.2) is 86.3 Å². The lowest BCUT2D eigenvalue weighted by Crippen LogP contribution is -2.13. The zero-order valence-corrected chi connectivity index (χ0v) is 44.4. The van der Waals surface area contributed by atoms with Gasteiger partial charge in [-0.3, -0.25) is 4.79 Å². The number of ether oxygens (including phenoxy) is 4. The van der Waals surface area contributed by atoms with Crippen molar-refractivity contribution in [1.29, 1.82) is 0 Å². The van der Waals surface area contributed by atoms with Gasteiger partial charge >= 0.3 is 11.9 Å². The van der Waals surface area contributed by atoms with Crippen LogP contribution in [0.5, 0.6) is 17.2 Å². The third-order valence-electron chi connectivity index (χ3n) is 12.2. The number of benzene rings is 7. The number of carbonyl (C=O) groups is 3. The van der Waals surface area contributed by atoms with E-state index in [-0.39, 0.29) is 35.1 Å². The van der Waals surface area contributed by atoms with Crippen molar-refractivity contribution in [3.8, 4) is 51.0 Å². The zero-order chi connectivity index (χ0) is 56.1. The topological polar surface area (TPSA) is 292 Å². The molecule has 0 fully saturated rings. The van der Waals surface area contributed by atoms with Crippen LogP contribution in [0, 0.1) is 0 Å². The Kier molecular flexibility index (Phi) is 15.9. The Balaban J connectivity index is 0.000000147. The van der Waals surface area contributed by atoms with Crippen LogP contribution in [0.3, 0.4) is 0 Å². The fraction of sp³-hybridized carbons (Fsp3) is 0.0702. The number of para-hydroxylation sites is 1. The highest BCUT2D eigenvalue weighted by molar-refractivity contribution is 6.32. The predicted octanol–water partition coefficient (Wildman–Crippen LogP) is 11.8. The number of anilines is 4. The quantitative estimate of drug-likeness (QED) is 0.0694. The van der Waals surface area contributed by atoms with Crippen molar-refractivity contribution in [3.63, 3.8) is 0 Å². The number of aromatic nitrogens is 7. The van der Waals surface area contributed by atoms with Crippen LogP contribution in [0.2, 0.25) is 15.1 Å². The monoisotopic (exact) mass is 1120 g/mol. The molecule has 0 aliphatic rings. The molecule has 0 saturated carbocycles. The number of aromatic amines is 1. The standard InChI is InChI=1S/C24H18ClN5O2.C17H14ClN3O3.C16H12ClN3O3/c1-32-20-8-5-14(21-16-12-15(25)6-7-18(16)29-24(26)30-21)11-17(20)23(31)28-19-4-2-3-13-9-10-27-22(13)19;1-23-14-6-3-9(7-12(14)16(22)24-2)15-11-8-10(18)4-5-13(11)20-17(19)21-15;1-23-13-5-2-8(6-11(13)15(21)22)14-10-7-9(17)3-4-12(10)19-16(18)20-14/h2-12,27H,1H3,(H,28,31)(H2,26,29,30);3-8H,1-2H3,(H2,19,20,21);2-7H,1H3,(H,21,22)(H2,18,19,20). The Bertz CT molecular complexity index is 4200. The van der Waals surface area contributed by atoms with Crippen molar-refractivity contribution in [1.82, 2.24) is 34.9 Å². The summed E-state index contributed by atoms with van der Waals surface area (Å²) in [7, 11) is 5.74. The number of nitrogens with two attached hydrogens (primary N) is 3. The summed E-state index contributed by atoms with van der Waals surface area (Å²) in [4.78, 5) is 65.4. The summed E-state index contributed by atoms with van der Waals surface area (Å²) < 4.78 is 20.5. The van der Waals surface area contributed by atoms with Gasteiger partial charge in [0, 0.05) is 59.5 Å². The second-order valence-corrected chi connectivity index (χ2v) is 18.3. The van der Waals surface area contributed by atoms with E-state index in [1.807, 2.05) is 36.5 Å². The maximum Gasteiger partial charge on any atom is 0.341 e. The molecular weight excluding hydrogens is 1070 g/mol. The summed E-state index contributed by atoms with van der Waals surface area (Å²) >= 11 is 18.3. The lowest BCUT2D eigenvalue weighted by atomic mass is 10.0. The van der Waals surface area contributed by atoms with Crippen molar-refractivity contribution in [2.24, 2.45) is 0 Å². The van der Waals surface area contributed by atoms with Gasteiger partial charge < -0.3 is 51.6 Å². The SMILES string of the molecule is COC(=O)c1cc(-c2nc(N)nc3ccc(Cl)cc23)ccc1OC.COc1ccc(-c2nc(N)nc3ccc(Cl)cc23)cc1C(=O)Nc1cccc2cc[nH]c12.COc1ccc(-c2nc(N)nc3ccc(Cl)cc23)cc1C(=O)O. The number of nitrogen functional groups attached to an aromatic ring is 3. The van der Waals surface area contributed by atoms with Gasteiger partial charge in [0.2, 0.25) is 17.8 Å². The molecule has 19 nitrogen and oxygen atoms in total. The minimum Gasteiger partial charge on any atom is -0.496 e. The molecule has 4 aromatic heterocycles. The second kappa shape index (κ2) is 23.2. The van der Waals surface area contributed by atoms with E-state index < -0.39 is 11.9 Å². The van der Waals surface area contributed by atoms with Gasteiger partial charge in [0.1, 0.15) is 28.4 Å². The number of amides is 1. The molecule has 1 amide bonds. The smallest absolute Gasteiger partial charge is 0.341 e. The number of aromatic carboxylic acids is 1. The normalized spacial score (nSPS) is 10.8. The molecule has 0 aliphatic heterocycles. The second-order valence-electron chi connectivity index (χ2n) is 17.0. The maximum absolute atomic E-state index is 13.2. The Morgan fingerprint density at radius 2 is 0.924 bits per heavy atom. The van der Waals surface area contributed by atoms with Gasteiger partial charge in [0.15, 0.2) is 0 Å². The van der Waals surface area contributed by atoms with Gasteiger partial charge in [-0.2, -0.15) is 0 Å². The largest absolute Gasteiger partial charge is 0.496 e. The predicted molar refractivity (Wildman–Crippen MR) is 307 cm³/mol. The van der Waals surface area contributed by atoms with Crippen molar-refractivity contribution in [2.45, 2.75) is 0 Å². The minimum atomic E-state index is -1.09. The third-order valence-corrected chi connectivity index (χ3v) is 12.9. The highest BCUT2D eigenvalue weighted by Crippen LogP contribution is 2.36. The summed E-state index contributed by atoms with van der Waals surface area (Å²) in [5.41, 5.74) is 25.3. The highest BCUT2D eigenvalue weighted by atomic mass is 35.5. The molecule has 0 radical (unpaired) electrons. The fourth-order valence-electron chi connectivity index (χ4n) is 8.57. The Labute approximate surface area is 464 Å². The number of rotatable bonds is 10. The number of methoxy groups -OCH3 is 4. The maximum atomic E-state index is 13.2. The van der Waals surface area contributed by atoms with Crippen LogP contribution in [0.1, 0.15) is 31.1 Å². The van der Waals surface area contributed by atoms with Gasteiger partial charge in [-0.05, 0) is 121 Å².